The Hall–Kier alpha value is -2.02. The molecule has 0 aliphatic rings. The standard InChI is InChI=1S/C15H19F2NO4/c1-15(2,3)22-14(21)12(13(19)20)11(18)7-8-4-5-9(16)10(17)6-8/h4-6,11-12H,7,18H2,1-3H3,(H,19,20)/t11-,12+/m0/s1. The van der Waals surface area contributed by atoms with Crippen molar-refractivity contribution in [1.29, 1.82) is 0 Å². The minimum Gasteiger partial charge on any atom is -0.481 e. The minimum absolute atomic E-state index is 0.104. The minimum atomic E-state index is -1.59. The molecule has 0 spiro atoms. The monoisotopic (exact) mass is 315 g/mol. The third-order valence-electron chi connectivity index (χ3n) is 2.81. The van der Waals surface area contributed by atoms with E-state index in [0.29, 0.717) is 5.56 Å². The molecule has 0 aromatic heterocycles. The number of rotatable bonds is 5. The van der Waals surface area contributed by atoms with Crippen molar-refractivity contribution in [2.75, 3.05) is 0 Å². The van der Waals surface area contributed by atoms with Crippen LogP contribution in [0.4, 0.5) is 8.78 Å². The zero-order valence-corrected chi connectivity index (χ0v) is 12.6. The first kappa shape index (κ1) is 18.0. The molecular weight excluding hydrogens is 296 g/mol. The van der Waals surface area contributed by atoms with Crippen LogP contribution in [0.3, 0.4) is 0 Å². The van der Waals surface area contributed by atoms with Gasteiger partial charge in [-0.1, -0.05) is 6.07 Å². The molecule has 0 unspecified atom stereocenters. The molecule has 0 saturated heterocycles. The molecule has 7 heteroatoms. The Balaban J connectivity index is 2.89. The van der Waals surface area contributed by atoms with Gasteiger partial charge in [-0.25, -0.2) is 8.78 Å². The maximum atomic E-state index is 13.1. The highest BCUT2D eigenvalue weighted by Crippen LogP contribution is 2.17. The van der Waals surface area contributed by atoms with Crippen LogP contribution in [0.25, 0.3) is 0 Å². The van der Waals surface area contributed by atoms with E-state index in [1.165, 1.54) is 6.07 Å². The molecule has 1 rings (SSSR count). The molecule has 0 fully saturated rings. The van der Waals surface area contributed by atoms with Gasteiger partial charge in [0.15, 0.2) is 17.6 Å². The number of esters is 1. The number of carbonyl (C=O) groups excluding carboxylic acids is 1. The number of aliphatic carboxylic acids is 1. The first-order valence-corrected chi connectivity index (χ1v) is 6.66. The number of carboxylic acids is 1. The molecule has 0 aliphatic carbocycles. The summed E-state index contributed by atoms with van der Waals surface area (Å²) in [4.78, 5) is 23.2. The lowest BCUT2D eigenvalue weighted by Crippen LogP contribution is -2.45. The van der Waals surface area contributed by atoms with Gasteiger partial charge in [-0.05, 0) is 44.9 Å². The van der Waals surface area contributed by atoms with E-state index in [9.17, 15) is 23.5 Å². The molecule has 2 atom stereocenters. The van der Waals surface area contributed by atoms with E-state index >= 15 is 0 Å². The summed E-state index contributed by atoms with van der Waals surface area (Å²) in [6.45, 7) is 4.81. The summed E-state index contributed by atoms with van der Waals surface area (Å²) in [5.41, 5.74) is 5.20. The normalized spacial score (nSPS) is 14.3. The fraction of sp³-hybridized carbons (Fsp3) is 0.467. The smallest absolute Gasteiger partial charge is 0.322 e. The number of halogens is 2. The van der Waals surface area contributed by atoms with Gasteiger partial charge < -0.3 is 15.6 Å². The van der Waals surface area contributed by atoms with Crippen LogP contribution in [0.15, 0.2) is 18.2 Å². The highest BCUT2D eigenvalue weighted by atomic mass is 19.2. The molecule has 0 amide bonds. The average molecular weight is 315 g/mol. The Morgan fingerprint density at radius 3 is 2.32 bits per heavy atom. The van der Waals surface area contributed by atoms with Crippen LogP contribution in [-0.2, 0) is 20.7 Å². The van der Waals surface area contributed by atoms with Crippen LogP contribution in [0.2, 0.25) is 0 Å². The number of hydrogen-bond acceptors (Lipinski definition) is 4. The van der Waals surface area contributed by atoms with Crippen molar-refractivity contribution in [2.24, 2.45) is 11.7 Å². The van der Waals surface area contributed by atoms with Gasteiger partial charge in [0.05, 0.1) is 0 Å². The Labute approximate surface area is 127 Å². The van der Waals surface area contributed by atoms with E-state index in [2.05, 4.69) is 0 Å². The predicted octanol–water partition coefficient (Wildman–Crippen LogP) is 1.88. The SMILES string of the molecule is CC(C)(C)OC(=O)[C@@H](C(=O)O)[C@@H](N)Cc1ccc(F)c(F)c1. The Morgan fingerprint density at radius 2 is 1.86 bits per heavy atom. The van der Waals surface area contributed by atoms with Gasteiger partial charge in [0.25, 0.3) is 0 Å². The van der Waals surface area contributed by atoms with Crippen LogP contribution in [0.1, 0.15) is 26.3 Å². The van der Waals surface area contributed by atoms with Crippen molar-refractivity contribution >= 4 is 11.9 Å². The second-order valence-corrected chi connectivity index (χ2v) is 5.97. The third-order valence-corrected chi connectivity index (χ3v) is 2.81. The number of ether oxygens (including phenoxy) is 1. The second-order valence-electron chi connectivity index (χ2n) is 5.97. The van der Waals surface area contributed by atoms with E-state index in [-0.39, 0.29) is 6.42 Å². The van der Waals surface area contributed by atoms with Crippen molar-refractivity contribution in [3.05, 3.63) is 35.4 Å². The van der Waals surface area contributed by atoms with Gasteiger partial charge in [-0.3, -0.25) is 9.59 Å². The summed E-state index contributed by atoms with van der Waals surface area (Å²) in [6, 6.07) is 1.99. The summed E-state index contributed by atoms with van der Waals surface area (Å²) in [7, 11) is 0. The average Bonchev–Trinajstić information content (AvgIpc) is 2.31. The van der Waals surface area contributed by atoms with Gasteiger partial charge in [0.1, 0.15) is 5.60 Å². The van der Waals surface area contributed by atoms with Crippen LogP contribution in [0, 0.1) is 17.6 Å². The summed E-state index contributed by atoms with van der Waals surface area (Å²) in [6.07, 6.45) is -0.104. The summed E-state index contributed by atoms with van der Waals surface area (Å²) >= 11 is 0. The number of nitrogens with two attached hydrogens (primary N) is 1. The summed E-state index contributed by atoms with van der Waals surface area (Å²) in [5.74, 6) is -6.06. The van der Waals surface area contributed by atoms with Gasteiger partial charge in [-0.2, -0.15) is 0 Å². The number of carboxylic acid groups (broad SMARTS) is 1. The Morgan fingerprint density at radius 1 is 1.27 bits per heavy atom. The molecule has 3 N–H and O–H groups in total. The summed E-state index contributed by atoms with van der Waals surface area (Å²) < 4.78 is 31.0. The molecule has 5 nitrogen and oxygen atoms in total. The fourth-order valence-electron chi connectivity index (χ4n) is 1.88. The topological polar surface area (TPSA) is 89.6 Å². The highest BCUT2D eigenvalue weighted by molar-refractivity contribution is 5.95. The first-order valence-electron chi connectivity index (χ1n) is 6.66. The van der Waals surface area contributed by atoms with E-state index in [1.807, 2.05) is 0 Å². The molecule has 1 aromatic rings. The van der Waals surface area contributed by atoms with Crippen molar-refractivity contribution in [3.8, 4) is 0 Å². The maximum absolute atomic E-state index is 13.1. The molecule has 0 bridgehead atoms. The Kier molecular flexibility index (Phi) is 5.59. The largest absolute Gasteiger partial charge is 0.481 e. The molecule has 0 radical (unpaired) electrons. The van der Waals surface area contributed by atoms with Crippen molar-refractivity contribution in [2.45, 2.75) is 38.8 Å². The lowest BCUT2D eigenvalue weighted by atomic mass is 9.94. The van der Waals surface area contributed by atoms with Crippen LogP contribution < -0.4 is 5.73 Å². The van der Waals surface area contributed by atoms with Crippen LogP contribution in [-0.4, -0.2) is 28.7 Å². The van der Waals surface area contributed by atoms with Crippen LogP contribution >= 0.6 is 0 Å². The molecule has 122 valence electrons. The van der Waals surface area contributed by atoms with Crippen molar-refractivity contribution in [3.63, 3.8) is 0 Å². The molecule has 22 heavy (non-hydrogen) atoms. The van der Waals surface area contributed by atoms with E-state index in [4.69, 9.17) is 10.5 Å². The van der Waals surface area contributed by atoms with Gasteiger partial charge in [0, 0.05) is 6.04 Å². The third kappa shape index (κ3) is 5.07. The van der Waals surface area contributed by atoms with Gasteiger partial charge in [-0.15, -0.1) is 0 Å². The number of benzene rings is 1. The zero-order chi connectivity index (χ0) is 17.1. The molecule has 0 aliphatic heterocycles. The molecule has 0 heterocycles. The number of hydrogen-bond donors (Lipinski definition) is 2. The van der Waals surface area contributed by atoms with E-state index in [0.717, 1.165) is 12.1 Å². The second kappa shape index (κ2) is 6.83. The highest BCUT2D eigenvalue weighted by Gasteiger charge is 2.36. The summed E-state index contributed by atoms with van der Waals surface area (Å²) in [5, 5.41) is 9.17. The Bertz CT molecular complexity index is 569. The maximum Gasteiger partial charge on any atom is 0.322 e. The van der Waals surface area contributed by atoms with E-state index < -0.39 is 41.1 Å². The number of carbonyl (C=O) groups is 2. The molecule has 0 saturated carbocycles. The van der Waals surface area contributed by atoms with Crippen LogP contribution in [0.5, 0.6) is 0 Å². The lowest BCUT2D eigenvalue weighted by Gasteiger charge is -2.25. The lowest BCUT2D eigenvalue weighted by molar-refractivity contribution is -0.167. The van der Waals surface area contributed by atoms with Crippen molar-refractivity contribution in [1.82, 2.24) is 0 Å². The van der Waals surface area contributed by atoms with Gasteiger partial charge >= 0.3 is 11.9 Å². The molecule has 1 aromatic carbocycles. The fourth-order valence-corrected chi connectivity index (χ4v) is 1.88. The first-order chi connectivity index (χ1) is 10.0. The predicted molar refractivity (Wildman–Crippen MR) is 75.0 cm³/mol. The van der Waals surface area contributed by atoms with Gasteiger partial charge in [0.2, 0.25) is 0 Å². The van der Waals surface area contributed by atoms with E-state index in [1.54, 1.807) is 20.8 Å². The van der Waals surface area contributed by atoms with Crippen molar-refractivity contribution < 1.29 is 28.2 Å². The molecular formula is C15H19F2NO4. The quantitative estimate of drug-likeness (QED) is 0.639. The zero-order valence-electron chi connectivity index (χ0n) is 12.6.